The number of hydrogen-bond acceptors (Lipinski definition) is 3. The van der Waals surface area contributed by atoms with E-state index in [1.807, 2.05) is 19.1 Å². The lowest BCUT2D eigenvalue weighted by molar-refractivity contribution is 0.0956. The van der Waals surface area contributed by atoms with Crippen LogP contribution in [0.25, 0.3) is 0 Å². The summed E-state index contributed by atoms with van der Waals surface area (Å²) >= 11 is 0. The van der Waals surface area contributed by atoms with E-state index in [1.165, 1.54) is 25.7 Å². The molecule has 2 atom stereocenters. The Balaban J connectivity index is 2.21. The lowest BCUT2D eigenvalue weighted by Gasteiger charge is -2.36. The second-order valence-corrected chi connectivity index (χ2v) is 6.17. The van der Waals surface area contributed by atoms with Gasteiger partial charge in [0.25, 0.3) is 5.91 Å². The summed E-state index contributed by atoms with van der Waals surface area (Å²) in [6, 6.07) is 6.06. The van der Waals surface area contributed by atoms with Crippen molar-refractivity contribution in [3.63, 3.8) is 0 Å². The fraction of sp³-hybridized carbons (Fsp3) is 0.588. The molecule has 116 valence electrons. The van der Waals surface area contributed by atoms with E-state index < -0.39 is 0 Å². The van der Waals surface area contributed by atoms with Gasteiger partial charge in [0.2, 0.25) is 0 Å². The van der Waals surface area contributed by atoms with Gasteiger partial charge < -0.3 is 16.0 Å². The molecule has 0 radical (unpaired) electrons. The van der Waals surface area contributed by atoms with Gasteiger partial charge in [0.15, 0.2) is 0 Å². The maximum Gasteiger partial charge on any atom is 0.251 e. The maximum atomic E-state index is 12.0. The van der Waals surface area contributed by atoms with Gasteiger partial charge >= 0.3 is 0 Å². The maximum absolute atomic E-state index is 12.0. The van der Waals surface area contributed by atoms with Gasteiger partial charge in [-0.1, -0.05) is 19.8 Å². The summed E-state index contributed by atoms with van der Waals surface area (Å²) in [7, 11) is 2.09. The third-order valence-corrected chi connectivity index (χ3v) is 4.47. The van der Waals surface area contributed by atoms with E-state index in [0.29, 0.717) is 18.2 Å². The molecular weight excluding hydrogens is 262 g/mol. The fourth-order valence-corrected chi connectivity index (χ4v) is 3.20. The van der Waals surface area contributed by atoms with Gasteiger partial charge in [0.1, 0.15) is 0 Å². The van der Waals surface area contributed by atoms with E-state index in [4.69, 9.17) is 5.73 Å². The number of benzene rings is 1. The molecule has 2 unspecified atom stereocenters. The van der Waals surface area contributed by atoms with E-state index in [2.05, 4.69) is 24.2 Å². The van der Waals surface area contributed by atoms with Crippen LogP contribution in [0.3, 0.4) is 0 Å². The molecule has 1 fully saturated rings. The first-order valence-corrected chi connectivity index (χ1v) is 7.93. The lowest BCUT2D eigenvalue weighted by atomic mass is 9.86. The zero-order valence-electron chi connectivity index (χ0n) is 13.4. The van der Waals surface area contributed by atoms with Gasteiger partial charge in [0.05, 0.1) is 11.4 Å². The number of nitrogens with two attached hydrogens (primary N) is 1. The normalized spacial score (nSPS) is 21.9. The van der Waals surface area contributed by atoms with Crippen molar-refractivity contribution in [2.24, 2.45) is 5.92 Å². The number of rotatable bonds is 4. The molecule has 1 saturated carbocycles. The Hall–Kier alpha value is -1.71. The highest BCUT2D eigenvalue weighted by Gasteiger charge is 2.24. The molecule has 0 aliphatic heterocycles. The van der Waals surface area contributed by atoms with Gasteiger partial charge in [-0.15, -0.1) is 0 Å². The summed E-state index contributed by atoms with van der Waals surface area (Å²) in [5, 5.41) is 2.84. The van der Waals surface area contributed by atoms with Crippen molar-refractivity contribution < 1.29 is 4.79 Å². The molecule has 21 heavy (non-hydrogen) atoms. The summed E-state index contributed by atoms with van der Waals surface area (Å²) in [6.07, 6.45) is 4.98. The number of amides is 1. The van der Waals surface area contributed by atoms with Crippen LogP contribution in [0, 0.1) is 5.92 Å². The van der Waals surface area contributed by atoms with Gasteiger partial charge in [0, 0.05) is 25.2 Å². The van der Waals surface area contributed by atoms with Crippen LogP contribution in [0.15, 0.2) is 18.2 Å². The Morgan fingerprint density at radius 2 is 2.19 bits per heavy atom. The molecule has 1 amide bonds. The highest BCUT2D eigenvalue weighted by molar-refractivity contribution is 5.96. The molecule has 1 aliphatic rings. The van der Waals surface area contributed by atoms with Crippen molar-refractivity contribution in [2.75, 3.05) is 24.2 Å². The molecule has 3 N–H and O–H groups in total. The van der Waals surface area contributed by atoms with Crippen molar-refractivity contribution in [3.8, 4) is 0 Å². The molecular formula is C17H27N3O. The number of hydrogen-bond donors (Lipinski definition) is 2. The summed E-state index contributed by atoms with van der Waals surface area (Å²) in [5.74, 6) is 0.725. The smallest absolute Gasteiger partial charge is 0.251 e. The number of nitrogen functional groups attached to an aromatic ring is 1. The van der Waals surface area contributed by atoms with E-state index in [9.17, 15) is 4.79 Å². The molecule has 0 aromatic heterocycles. The second kappa shape index (κ2) is 6.83. The van der Waals surface area contributed by atoms with E-state index in [-0.39, 0.29) is 5.91 Å². The lowest BCUT2D eigenvalue weighted by Crippen LogP contribution is -2.36. The van der Waals surface area contributed by atoms with Crippen LogP contribution in [0.5, 0.6) is 0 Å². The molecule has 0 spiro atoms. The predicted octanol–water partition coefficient (Wildman–Crippen LogP) is 3.03. The quantitative estimate of drug-likeness (QED) is 0.838. The molecule has 0 saturated heterocycles. The van der Waals surface area contributed by atoms with Crippen LogP contribution < -0.4 is 16.0 Å². The molecule has 1 aromatic rings. The van der Waals surface area contributed by atoms with Crippen LogP contribution in [-0.2, 0) is 0 Å². The standard InChI is InChI=1S/C17H27N3O/c1-4-19-17(21)13-8-9-15(18)16(11-13)20(3)14-7-5-6-12(2)10-14/h8-9,11-12,14H,4-7,10,18H2,1-3H3,(H,19,21). The first-order chi connectivity index (χ1) is 10.0. The topological polar surface area (TPSA) is 58.4 Å². The summed E-state index contributed by atoms with van der Waals surface area (Å²) in [4.78, 5) is 14.2. The summed E-state index contributed by atoms with van der Waals surface area (Å²) in [6.45, 7) is 4.87. The van der Waals surface area contributed by atoms with Crippen LogP contribution in [0.1, 0.15) is 49.9 Å². The van der Waals surface area contributed by atoms with Gasteiger partial charge in [-0.2, -0.15) is 0 Å². The van der Waals surface area contributed by atoms with Crippen molar-refractivity contribution in [2.45, 2.75) is 45.6 Å². The van der Waals surface area contributed by atoms with Crippen molar-refractivity contribution in [1.29, 1.82) is 0 Å². The van der Waals surface area contributed by atoms with Crippen LogP contribution in [0.2, 0.25) is 0 Å². The van der Waals surface area contributed by atoms with Crippen LogP contribution >= 0.6 is 0 Å². The Morgan fingerprint density at radius 1 is 1.43 bits per heavy atom. The third-order valence-electron chi connectivity index (χ3n) is 4.47. The number of anilines is 2. The summed E-state index contributed by atoms with van der Waals surface area (Å²) < 4.78 is 0. The Bertz CT molecular complexity index is 501. The zero-order chi connectivity index (χ0) is 15.4. The fourth-order valence-electron chi connectivity index (χ4n) is 3.20. The molecule has 2 rings (SSSR count). The molecule has 1 aliphatic carbocycles. The first kappa shape index (κ1) is 15.7. The number of carbonyl (C=O) groups excluding carboxylic acids is 1. The first-order valence-electron chi connectivity index (χ1n) is 7.93. The second-order valence-electron chi connectivity index (χ2n) is 6.17. The molecule has 0 heterocycles. The number of nitrogens with one attached hydrogen (secondary N) is 1. The van der Waals surface area contributed by atoms with Gasteiger partial charge in [-0.3, -0.25) is 4.79 Å². The number of carbonyl (C=O) groups is 1. The minimum absolute atomic E-state index is 0.0378. The Kier molecular flexibility index (Phi) is 5.10. The predicted molar refractivity (Wildman–Crippen MR) is 88.7 cm³/mol. The molecule has 0 bridgehead atoms. The van der Waals surface area contributed by atoms with Crippen LogP contribution in [0.4, 0.5) is 11.4 Å². The van der Waals surface area contributed by atoms with Crippen molar-refractivity contribution >= 4 is 17.3 Å². The molecule has 1 aromatic carbocycles. The van der Waals surface area contributed by atoms with Crippen LogP contribution in [-0.4, -0.2) is 25.5 Å². The minimum Gasteiger partial charge on any atom is -0.397 e. The molecule has 4 nitrogen and oxygen atoms in total. The van der Waals surface area contributed by atoms with E-state index in [0.717, 1.165) is 17.3 Å². The average molecular weight is 289 g/mol. The Labute approximate surface area is 127 Å². The molecule has 4 heteroatoms. The largest absolute Gasteiger partial charge is 0.397 e. The average Bonchev–Trinajstić information content (AvgIpc) is 2.47. The highest BCUT2D eigenvalue weighted by atomic mass is 16.1. The number of nitrogens with zero attached hydrogens (tertiary/aromatic N) is 1. The van der Waals surface area contributed by atoms with E-state index in [1.54, 1.807) is 6.07 Å². The zero-order valence-corrected chi connectivity index (χ0v) is 13.4. The third kappa shape index (κ3) is 3.69. The van der Waals surface area contributed by atoms with Crippen molar-refractivity contribution in [3.05, 3.63) is 23.8 Å². The van der Waals surface area contributed by atoms with E-state index >= 15 is 0 Å². The minimum atomic E-state index is -0.0378. The SMILES string of the molecule is CCNC(=O)c1ccc(N)c(N(C)C2CCCC(C)C2)c1. The summed E-state index contributed by atoms with van der Waals surface area (Å²) in [5.41, 5.74) is 8.52. The Morgan fingerprint density at radius 3 is 2.86 bits per heavy atom. The van der Waals surface area contributed by atoms with Gasteiger partial charge in [-0.25, -0.2) is 0 Å². The highest BCUT2D eigenvalue weighted by Crippen LogP contribution is 2.32. The van der Waals surface area contributed by atoms with Gasteiger partial charge in [-0.05, 0) is 43.9 Å². The monoisotopic (exact) mass is 289 g/mol. The van der Waals surface area contributed by atoms with Crippen molar-refractivity contribution in [1.82, 2.24) is 5.32 Å².